The average molecular weight is 434 g/mol. The van der Waals surface area contributed by atoms with E-state index in [-0.39, 0.29) is 17.0 Å². The number of aromatic hydroxyl groups is 1. The highest BCUT2D eigenvalue weighted by Crippen LogP contribution is 2.25. The summed E-state index contributed by atoms with van der Waals surface area (Å²) in [6.07, 6.45) is 4.04. The highest BCUT2D eigenvalue weighted by Gasteiger charge is 2.24. The summed E-state index contributed by atoms with van der Waals surface area (Å²) in [5.41, 5.74) is 3.88. The summed E-state index contributed by atoms with van der Waals surface area (Å²) in [7, 11) is 1.80. The van der Waals surface area contributed by atoms with Gasteiger partial charge in [-0.1, -0.05) is 54.6 Å². The monoisotopic (exact) mass is 433 g/mol. The first kappa shape index (κ1) is 20.6. The summed E-state index contributed by atoms with van der Waals surface area (Å²) in [6, 6.07) is 16.5. The van der Waals surface area contributed by atoms with Crippen LogP contribution >= 0.6 is 11.6 Å². The fraction of sp³-hybridized carbons (Fsp3) is 0.125. The molecule has 0 unspecified atom stereocenters. The minimum Gasteiger partial charge on any atom is -0.477 e. The standard InChI is InChI=1S/C24H21ClN4O2/c1-16(26-2)18-7-9-19(10-8-18)22-23(30)28-13-4-3-5-21(28)29(24(22)31)14-12-17-6-11-20(25)27-15-17/h3-11,13,15,26H,1,12,14H2,2H3/p+1. The second-order valence-corrected chi connectivity index (χ2v) is 7.52. The molecule has 3 aromatic heterocycles. The molecule has 156 valence electrons. The third-order valence-electron chi connectivity index (χ3n) is 5.26. The molecule has 2 N–H and O–H groups in total. The highest BCUT2D eigenvalue weighted by atomic mass is 35.5. The first-order chi connectivity index (χ1) is 15.0. The van der Waals surface area contributed by atoms with Gasteiger partial charge in [0.15, 0.2) is 5.56 Å². The van der Waals surface area contributed by atoms with Crippen molar-refractivity contribution in [2.75, 3.05) is 7.05 Å². The maximum absolute atomic E-state index is 13.2. The summed E-state index contributed by atoms with van der Waals surface area (Å²) in [5.74, 6) is -0.0710. The van der Waals surface area contributed by atoms with Crippen molar-refractivity contribution in [1.29, 1.82) is 0 Å². The van der Waals surface area contributed by atoms with Crippen LogP contribution in [-0.2, 0) is 13.0 Å². The molecule has 7 heteroatoms. The average Bonchev–Trinajstić information content (AvgIpc) is 2.80. The molecule has 31 heavy (non-hydrogen) atoms. The molecule has 1 aromatic carbocycles. The summed E-state index contributed by atoms with van der Waals surface area (Å²) < 4.78 is 3.29. The Bertz CT molecular complexity index is 1310. The van der Waals surface area contributed by atoms with Gasteiger partial charge in [0.2, 0.25) is 0 Å². The van der Waals surface area contributed by atoms with Crippen molar-refractivity contribution in [3.8, 4) is 17.0 Å². The molecule has 0 aliphatic rings. The van der Waals surface area contributed by atoms with Crippen molar-refractivity contribution in [1.82, 2.24) is 14.7 Å². The number of pyridine rings is 2. The third kappa shape index (κ3) is 4.02. The van der Waals surface area contributed by atoms with Crippen molar-refractivity contribution in [2.45, 2.75) is 13.0 Å². The lowest BCUT2D eigenvalue weighted by molar-refractivity contribution is -0.679. The van der Waals surface area contributed by atoms with Crippen LogP contribution in [0.25, 0.3) is 22.5 Å². The number of fused-ring (bicyclic) bond motifs is 1. The number of nitrogens with one attached hydrogen (secondary N) is 1. The predicted octanol–water partition coefficient (Wildman–Crippen LogP) is 3.44. The normalized spacial score (nSPS) is 10.9. The molecule has 0 aliphatic carbocycles. The van der Waals surface area contributed by atoms with Gasteiger partial charge in [-0.3, -0.25) is 0 Å². The Labute approximate surface area is 184 Å². The molecule has 3 heterocycles. The number of rotatable bonds is 6. The van der Waals surface area contributed by atoms with E-state index in [9.17, 15) is 9.90 Å². The van der Waals surface area contributed by atoms with Crippen LogP contribution in [-0.4, -0.2) is 21.5 Å². The maximum atomic E-state index is 13.2. The van der Waals surface area contributed by atoms with Crippen LogP contribution in [0.15, 0.2) is 78.4 Å². The van der Waals surface area contributed by atoms with Crippen molar-refractivity contribution in [2.24, 2.45) is 0 Å². The summed E-state index contributed by atoms with van der Waals surface area (Å²) in [5, 5.41) is 14.6. The highest BCUT2D eigenvalue weighted by molar-refractivity contribution is 6.29. The first-order valence-electron chi connectivity index (χ1n) is 9.83. The van der Waals surface area contributed by atoms with Crippen LogP contribution in [0, 0.1) is 0 Å². The van der Waals surface area contributed by atoms with E-state index in [0.29, 0.717) is 29.3 Å². The van der Waals surface area contributed by atoms with Crippen molar-refractivity contribution in [3.63, 3.8) is 0 Å². The largest absolute Gasteiger partial charge is 0.477 e. The molecule has 0 saturated carbocycles. The van der Waals surface area contributed by atoms with E-state index in [1.54, 1.807) is 40.5 Å². The smallest absolute Gasteiger partial charge is 0.354 e. The van der Waals surface area contributed by atoms with E-state index in [2.05, 4.69) is 16.9 Å². The molecule has 4 aromatic rings. The molecule has 0 aliphatic heterocycles. The zero-order chi connectivity index (χ0) is 22.0. The Morgan fingerprint density at radius 3 is 2.65 bits per heavy atom. The lowest BCUT2D eigenvalue weighted by Gasteiger charge is -2.11. The fourth-order valence-corrected chi connectivity index (χ4v) is 3.65. The van der Waals surface area contributed by atoms with Gasteiger partial charge in [0, 0.05) is 31.4 Å². The summed E-state index contributed by atoms with van der Waals surface area (Å²) >= 11 is 5.87. The molecule has 0 radical (unpaired) electrons. The molecular weight excluding hydrogens is 412 g/mol. The second kappa shape index (κ2) is 8.62. The van der Waals surface area contributed by atoms with E-state index in [4.69, 9.17) is 11.6 Å². The third-order valence-corrected chi connectivity index (χ3v) is 5.49. The number of aromatic nitrogens is 3. The van der Waals surface area contributed by atoms with Gasteiger partial charge in [-0.15, -0.1) is 0 Å². The maximum Gasteiger partial charge on any atom is 0.354 e. The lowest BCUT2D eigenvalue weighted by atomic mass is 10.0. The van der Waals surface area contributed by atoms with Crippen molar-refractivity contribution < 1.29 is 9.67 Å². The van der Waals surface area contributed by atoms with E-state index >= 15 is 0 Å². The van der Waals surface area contributed by atoms with E-state index < -0.39 is 0 Å². The Hall–Kier alpha value is -3.64. The molecule has 0 spiro atoms. The van der Waals surface area contributed by atoms with Gasteiger partial charge in [-0.25, -0.2) is 9.78 Å². The number of aryl methyl sites for hydroxylation is 2. The zero-order valence-electron chi connectivity index (χ0n) is 17.0. The van der Waals surface area contributed by atoms with Gasteiger partial charge in [-0.05, 0) is 28.8 Å². The Balaban J connectivity index is 1.81. The molecule has 0 fully saturated rings. The molecular formula is C24H22ClN4O2+. The second-order valence-electron chi connectivity index (χ2n) is 7.13. The minimum absolute atomic E-state index is 0.0710. The van der Waals surface area contributed by atoms with Crippen molar-refractivity contribution >= 4 is 22.9 Å². The molecule has 0 saturated heterocycles. The van der Waals surface area contributed by atoms with Gasteiger partial charge in [0.25, 0.3) is 11.5 Å². The Morgan fingerprint density at radius 2 is 1.97 bits per heavy atom. The lowest BCUT2D eigenvalue weighted by Crippen LogP contribution is -2.41. The van der Waals surface area contributed by atoms with Crippen LogP contribution in [0.3, 0.4) is 0 Å². The van der Waals surface area contributed by atoms with Crippen LogP contribution < -0.4 is 15.4 Å². The van der Waals surface area contributed by atoms with Gasteiger partial charge >= 0.3 is 5.56 Å². The number of hydrogen-bond donors (Lipinski definition) is 2. The molecule has 6 nitrogen and oxygen atoms in total. The van der Waals surface area contributed by atoms with E-state index in [1.165, 1.54) is 0 Å². The van der Waals surface area contributed by atoms with Gasteiger partial charge in [0.1, 0.15) is 5.15 Å². The Morgan fingerprint density at radius 1 is 1.19 bits per heavy atom. The van der Waals surface area contributed by atoms with E-state index in [0.717, 1.165) is 16.8 Å². The zero-order valence-corrected chi connectivity index (χ0v) is 17.8. The summed E-state index contributed by atoms with van der Waals surface area (Å²) in [6.45, 7) is 4.41. The van der Waals surface area contributed by atoms with Crippen LogP contribution in [0.5, 0.6) is 5.88 Å². The SMILES string of the molecule is C=C(NC)c1ccc(-c2c(O)[n+](CCc3ccc(Cl)nc3)c3ccccn3c2=O)cc1. The number of nitrogens with zero attached hydrogens (tertiary/aromatic N) is 3. The van der Waals surface area contributed by atoms with E-state index in [1.807, 2.05) is 42.5 Å². The van der Waals surface area contributed by atoms with Crippen LogP contribution in [0.1, 0.15) is 11.1 Å². The Kier molecular flexibility index (Phi) is 5.73. The predicted molar refractivity (Wildman–Crippen MR) is 122 cm³/mol. The summed E-state index contributed by atoms with van der Waals surface area (Å²) in [4.78, 5) is 17.3. The number of halogens is 1. The molecule has 4 rings (SSSR count). The van der Waals surface area contributed by atoms with Gasteiger partial charge < -0.3 is 10.4 Å². The number of hydrogen-bond acceptors (Lipinski definition) is 4. The van der Waals surface area contributed by atoms with Gasteiger partial charge in [0.05, 0.1) is 12.7 Å². The molecule has 0 atom stereocenters. The van der Waals surface area contributed by atoms with Gasteiger partial charge in [-0.2, -0.15) is 8.97 Å². The molecule has 0 amide bonds. The topological polar surface area (TPSA) is 70.5 Å². The molecule has 0 bridgehead atoms. The minimum atomic E-state index is -0.280. The number of benzene rings is 1. The van der Waals surface area contributed by atoms with Crippen LogP contribution in [0.2, 0.25) is 5.15 Å². The fourth-order valence-electron chi connectivity index (χ4n) is 3.54. The van der Waals surface area contributed by atoms with Crippen molar-refractivity contribution in [3.05, 3.63) is 100 Å². The van der Waals surface area contributed by atoms with Crippen LogP contribution in [0.4, 0.5) is 0 Å². The first-order valence-corrected chi connectivity index (χ1v) is 10.2. The quantitative estimate of drug-likeness (QED) is 0.361.